The lowest BCUT2D eigenvalue weighted by Crippen LogP contribution is -2.40. The number of pyridine rings is 1. The molecule has 0 radical (unpaired) electrons. The largest absolute Gasteiger partial charge is 0.492 e. The number of carbonyl (C=O) groups excluding carboxylic acids is 2. The Labute approximate surface area is 150 Å². The van der Waals surface area contributed by atoms with Crippen LogP contribution in [-0.2, 0) is 4.79 Å². The van der Waals surface area contributed by atoms with Gasteiger partial charge in [-0.25, -0.2) is 4.98 Å². The molecule has 1 aliphatic carbocycles. The van der Waals surface area contributed by atoms with E-state index in [1.54, 1.807) is 11.0 Å². The molecule has 1 aromatic heterocycles. The predicted octanol–water partition coefficient (Wildman–Crippen LogP) is 2.72. The molecule has 25 heavy (non-hydrogen) atoms. The highest BCUT2D eigenvalue weighted by molar-refractivity contribution is 6.32. The highest BCUT2D eigenvalue weighted by atomic mass is 35.5. The van der Waals surface area contributed by atoms with Crippen molar-refractivity contribution in [1.29, 1.82) is 5.26 Å². The first-order valence-electron chi connectivity index (χ1n) is 7.99. The first-order chi connectivity index (χ1) is 11.7. The number of halogens is 1. The summed E-state index contributed by atoms with van der Waals surface area (Å²) in [6.07, 6.45) is 4.33. The van der Waals surface area contributed by atoms with Crippen LogP contribution in [-0.4, -0.2) is 39.8 Å². The lowest BCUT2D eigenvalue weighted by Gasteiger charge is -2.38. The summed E-state index contributed by atoms with van der Waals surface area (Å²) >= 11 is 5.83. The van der Waals surface area contributed by atoms with Gasteiger partial charge in [-0.05, 0) is 18.9 Å². The number of amides is 1. The molecule has 1 aromatic rings. The van der Waals surface area contributed by atoms with Crippen LogP contribution in [0.25, 0.3) is 0 Å². The molecule has 2 aliphatic rings. The van der Waals surface area contributed by atoms with E-state index in [0.29, 0.717) is 31.5 Å². The summed E-state index contributed by atoms with van der Waals surface area (Å²) < 4.78 is 0. The van der Waals surface area contributed by atoms with Gasteiger partial charge in [-0.3, -0.25) is 9.59 Å². The van der Waals surface area contributed by atoms with E-state index in [1.807, 2.05) is 19.9 Å². The number of hydrogen-bond acceptors (Lipinski definition) is 5. The Morgan fingerprint density at radius 1 is 1.48 bits per heavy atom. The van der Waals surface area contributed by atoms with Crippen LogP contribution >= 0.6 is 11.6 Å². The van der Waals surface area contributed by atoms with Crippen LogP contribution < -0.4 is 0 Å². The average molecular weight is 360 g/mol. The lowest BCUT2D eigenvalue weighted by atomic mass is 9.64. The quantitative estimate of drug-likeness (QED) is 0.831. The number of aromatic hydroxyl groups is 1. The van der Waals surface area contributed by atoms with Crippen LogP contribution in [0.5, 0.6) is 5.88 Å². The fraction of sp³-hybridized carbons (Fsp3) is 0.444. The molecule has 1 atom stereocenters. The summed E-state index contributed by atoms with van der Waals surface area (Å²) in [6, 6.07) is 3.39. The minimum absolute atomic E-state index is 0.0239. The van der Waals surface area contributed by atoms with Crippen molar-refractivity contribution in [2.24, 2.45) is 10.8 Å². The highest BCUT2D eigenvalue weighted by Gasteiger charge is 2.48. The summed E-state index contributed by atoms with van der Waals surface area (Å²) in [6.45, 7) is 4.65. The molecule has 0 aromatic carbocycles. The number of rotatable bonds is 1. The molecule has 130 valence electrons. The van der Waals surface area contributed by atoms with Crippen LogP contribution in [0.4, 0.5) is 0 Å². The van der Waals surface area contributed by atoms with Crippen LogP contribution in [0.1, 0.15) is 37.0 Å². The summed E-state index contributed by atoms with van der Waals surface area (Å²) in [7, 11) is 0. The molecule has 1 N–H and O–H groups in total. The third-order valence-electron chi connectivity index (χ3n) is 4.97. The van der Waals surface area contributed by atoms with E-state index in [0.717, 1.165) is 0 Å². The van der Waals surface area contributed by atoms with Crippen molar-refractivity contribution in [1.82, 2.24) is 9.88 Å². The third-order valence-corrected chi connectivity index (χ3v) is 5.24. The second-order valence-corrected chi connectivity index (χ2v) is 7.84. The van der Waals surface area contributed by atoms with Crippen LogP contribution in [0.3, 0.4) is 0 Å². The smallest absolute Gasteiger partial charge is 0.255 e. The Hall–Kier alpha value is -2.39. The molecule has 1 aliphatic heterocycles. The summed E-state index contributed by atoms with van der Waals surface area (Å²) in [5.41, 5.74) is -0.510. The summed E-state index contributed by atoms with van der Waals surface area (Å²) in [5.74, 6) is -0.682. The van der Waals surface area contributed by atoms with Gasteiger partial charge in [0.25, 0.3) is 5.91 Å². The number of carbonyl (C=O) groups is 2. The minimum Gasteiger partial charge on any atom is -0.492 e. The maximum absolute atomic E-state index is 12.7. The van der Waals surface area contributed by atoms with Crippen molar-refractivity contribution < 1.29 is 14.7 Å². The number of nitriles is 1. The van der Waals surface area contributed by atoms with Gasteiger partial charge in [-0.1, -0.05) is 31.5 Å². The number of ketones is 1. The van der Waals surface area contributed by atoms with E-state index in [-0.39, 0.29) is 33.6 Å². The van der Waals surface area contributed by atoms with Gasteiger partial charge in [0, 0.05) is 30.1 Å². The SMILES string of the molecule is CC1(C)CC2(C=C(C#N)C1=O)CCN(C(=O)c1cnc(O)c(Cl)c1)C2. The van der Waals surface area contributed by atoms with Gasteiger partial charge in [-0.2, -0.15) is 5.26 Å². The zero-order chi connectivity index (χ0) is 18.4. The van der Waals surface area contributed by atoms with Crippen LogP contribution in [0.15, 0.2) is 23.9 Å². The molecular weight excluding hydrogens is 342 g/mol. The number of nitrogens with zero attached hydrogens (tertiary/aromatic N) is 3. The molecule has 1 amide bonds. The van der Waals surface area contributed by atoms with Gasteiger partial charge in [0.2, 0.25) is 5.88 Å². The molecule has 2 heterocycles. The predicted molar refractivity (Wildman–Crippen MR) is 91.0 cm³/mol. The van der Waals surface area contributed by atoms with Crippen LogP contribution in [0, 0.1) is 22.2 Å². The van der Waals surface area contributed by atoms with E-state index >= 15 is 0 Å². The number of Topliss-reactive ketones (excluding diaryl/α,β-unsaturated/α-hetero) is 1. The van der Waals surface area contributed by atoms with Gasteiger partial charge in [0.1, 0.15) is 11.1 Å². The van der Waals surface area contributed by atoms with E-state index < -0.39 is 5.41 Å². The molecule has 0 saturated carbocycles. The standard InChI is InChI=1S/C18H18ClN3O3/c1-17(2)9-18(6-12(7-20)14(17)23)3-4-22(10-18)16(25)11-5-13(19)15(24)21-8-11/h5-6,8H,3-4,9-10H2,1-2H3,(H,21,24). The molecular formula is C18H18ClN3O3. The highest BCUT2D eigenvalue weighted by Crippen LogP contribution is 2.48. The Morgan fingerprint density at radius 2 is 2.20 bits per heavy atom. The molecule has 0 bridgehead atoms. The fourth-order valence-corrected chi connectivity index (χ4v) is 4.06. The minimum atomic E-state index is -0.623. The van der Waals surface area contributed by atoms with Gasteiger partial charge >= 0.3 is 0 Å². The van der Waals surface area contributed by atoms with Gasteiger partial charge < -0.3 is 10.0 Å². The zero-order valence-electron chi connectivity index (χ0n) is 14.0. The molecule has 1 spiro atoms. The van der Waals surface area contributed by atoms with Crippen molar-refractivity contribution >= 4 is 23.3 Å². The average Bonchev–Trinajstić information content (AvgIpc) is 2.96. The van der Waals surface area contributed by atoms with Crippen molar-refractivity contribution in [3.05, 3.63) is 34.5 Å². The second-order valence-electron chi connectivity index (χ2n) is 7.43. The van der Waals surface area contributed by atoms with Crippen molar-refractivity contribution in [2.75, 3.05) is 13.1 Å². The maximum Gasteiger partial charge on any atom is 0.255 e. The third kappa shape index (κ3) is 3.00. The first kappa shape index (κ1) is 17.4. The molecule has 1 unspecified atom stereocenters. The molecule has 3 rings (SSSR count). The van der Waals surface area contributed by atoms with E-state index in [2.05, 4.69) is 4.98 Å². The van der Waals surface area contributed by atoms with E-state index in [1.165, 1.54) is 12.3 Å². The van der Waals surface area contributed by atoms with Gasteiger partial charge in [-0.15, -0.1) is 0 Å². The van der Waals surface area contributed by atoms with E-state index in [9.17, 15) is 20.0 Å². The summed E-state index contributed by atoms with van der Waals surface area (Å²) in [5, 5.41) is 18.7. The second kappa shape index (κ2) is 5.85. The Kier molecular flexibility index (Phi) is 4.08. The summed E-state index contributed by atoms with van der Waals surface area (Å²) in [4.78, 5) is 30.4. The number of hydrogen-bond donors (Lipinski definition) is 1. The molecule has 1 fully saturated rings. The molecule has 7 heteroatoms. The topological polar surface area (TPSA) is 94.3 Å². The Bertz CT molecular complexity index is 840. The number of aromatic nitrogens is 1. The van der Waals surface area contributed by atoms with Crippen molar-refractivity contribution in [2.45, 2.75) is 26.7 Å². The maximum atomic E-state index is 12.7. The van der Waals surface area contributed by atoms with Crippen molar-refractivity contribution in [3.8, 4) is 11.9 Å². The first-order valence-corrected chi connectivity index (χ1v) is 8.37. The van der Waals surface area contributed by atoms with Gasteiger partial charge in [0.05, 0.1) is 11.1 Å². The zero-order valence-corrected chi connectivity index (χ0v) is 14.8. The van der Waals surface area contributed by atoms with Crippen LogP contribution in [0.2, 0.25) is 5.02 Å². The van der Waals surface area contributed by atoms with Gasteiger partial charge in [0.15, 0.2) is 5.78 Å². The molecule has 6 nitrogen and oxygen atoms in total. The van der Waals surface area contributed by atoms with Crippen molar-refractivity contribution in [3.63, 3.8) is 0 Å². The number of likely N-dealkylation sites (tertiary alicyclic amines) is 1. The fourth-order valence-electron chi connectivity index (χ4n) is 3.89. The Morgan fingerprint density at radius 3 is 2.84 bits per heavy atom. The monoisotopic (exact) mass is 359 g/mol. The normalized spacial score (nSPS) is 25.0. The lowest BCUT2D eigenvalue weighted by molar-refractivity contribution is -0.125. The Balaban J connectivity index is 1.87. The van der Waals surface area contributed by atoms with E-state index in [4.69, 9.17) is 11.6 Å². The molecule has 1 saturated heterocycles. The number of allylic oxidation sites excluding steroid dienone is 1.